The summed E-state index contributed by atoms with van der Waals surface area (Å²) < 4.78 is 5.28. The van der Waals surface area contributed by atoms with Crippen LogP contribution in [0, 0.1) is 0 Å². The number of aromatic nitrogens is 1. The molecule has 4 rings (SSSR count). The number of thiazole rings is 1. The van der Waals surface area contributed by atoms with Crippen molar-refractivity contribution in [3.05, 3.63) is 119 Å². The lowest BCUT2D eigenvalue weighted by Crippen LogP contribution is -2.38. The SMILES string of the molecule is CC(ON=C(C(=O)O)c1csc(NC(c2ccccc2)(c2ccccc2)c2ccccc2)n1)C(=O)OC(C)(C)C. The monoisotopic (exact) mass is 557 g/mol. The third-order valence-electron chi connectivity index (χ3n) is 5.91. The molecule has 0 aliphatic heterocycles. The van der Waals surface area contributed by atoms with Crippen molar-refractivity contribution in [2.75, 3.05) is 5.32 Å². The van der Waals surface area contributed by atoms with Crippen LogP contribution in [0.5, 0.6) is 0 Å². The molecule has 1 unspecified atom stereocenters. The summed E-state index contributed by atoms with van der Waals surface area (Å²) in [6, 6.07) is 30.0. The van der Waals surface area contributed by atoms with E-state index in [1.165, 1.54) is 18.3 Å². The number of hydrogen-bond acceptors (Lipinski definition) is 8. The van der Waals surface area contributed by atoms with Crippen molar-refractivity contribution in [1.82, 2.24) is 4.98 Å². The predicted molar refractivity (Wildman–Crippen MR) is 156 cm³/mol. The minimum atomic E-state index is -1.34. The molecule has 0 fully saturated rings. The molecule has 1 heterocycles. The Labute approximate surface area is 237 Å². The molecule has 8 nitrogen and oxygen atoms in total. The van der Waals surface area contributed by atoms with Gasteiger partial charge >= 0.3 is 11.9 Å². The highest BCUT2D eigenvalue weighted by Crippen LogP contribution is 2.40. The highest BCUT2D eigenvalue weighted by molar-refractivity contribution is 7.14. The van der Waals surface area contributed by atoms with Crippen molar-refractivity contribution in [3.63, 3.8) is 0 Å². The van der Waals surface area contributed by atoms with Crippen molar-refractivity contribution in [3.8, 4) is 0 Å². The largest absolute Gasteiger partial charge is 0.476 e. The average molecular weight is 558 g/mol. The number of ether oxygens (including phenoxy) is 1. The molecule has 1 aromatic heterocycles. The zero-order valence-corrected chi connectivity index (χ0v) is 23.5. The second kappa shape index (κ2) is 12.1. The van der Waals surface area contributed by atoms with Crippen LogP contribution in [0.2, 0.25) is 0 Å². The number of nitrogens with zero attached hydrogens (tertiary/aromatic N) is 2. The second-order valence-electron chi connectivity index (χ2n) is 10.0. The Morgan fingerprint density at radius 2 is 1.35 bits per heavy atom. The Hall–Kier alpha value is -4.50. The molecule has 0 saturated carbocycles. The quantitative estimate of drug-likeness (QED) is 0.105. The van der Waals surface area contributed by atoms with E-state index in [4.69, 9.17) is 9.57 Å². The molecule has 9 heteroatoms. The summed E-state index contributed by atoms with van der Waals surface area (Å²) in [5.41, 5.74) is 1.05. The van der Waals surface area contributed by atoms with Gasteiger partial charge in [0.25, 0.3) is 0 Å². The number of carboxylic acids is 1. The molecule has 0 radical (unpaired) electrons. The van der Waals surface area contributed by atoms with E-state index in [2.05, 4.69) is 15.5 Å². The molecule has 0 aliphatic rings. The van der Waals surface area contributed by atoms with Crippen molar-refractivity contribution >= 4 is 34.1 Å². The molecule has 1 atom stereocenters. The fourth-order valence-corrected chi connectivity index (χ4v) is 4.89. The number of rotatable bonds is 10. The minimum absolute atomic E-state index is 0.0967. The van der Waals surface area contributed by atoms with Gasteiger partial charge in [0.05, 0.1) is 0 Å². The minimum Gasteiger partial charge on any atom is -0.476 e. The van der Waals surface area contributed by atoms with Crippen LogP contribution in [0.1, 0.15) is 50.1 Å². The molecule has 0 saturated heterocycles. The van der Waals surface area contributed by atoms with Gasteiger partial charge in [0.1, 0.15) is 16.8 Å². The van der Waals surface area contributed by atoms with Crippen molar-refractivity contribution in [2.24, 2.45) is 5.16 Å². The number of hydrogen-bond donors (Lipinski definition) is 2. The molecule has 0 spiro atoms. The Morgan fingerprint density at radius 3 is 1.77 bits per heavy atom. The van der Waals surface area contributed by atoms with Crippen molar-refractivity contribution in [2.45, 2.75) is 44.9 Å². The molecule has 0 aliphatic carbocycles. The maximum Gasteiger partial charge on any atom is 0.360 e. The molecule has 0 bridgehead atoms. The number of carbonyl (C=O) groups is 2. The van der Waals surface area contributed by atoms with Gasteiger partial charge in [-0.1, -0.05) is 96.2 Å². The van der Waals surface area contributed by atoms with Crippen LogP contribution < -0.4 is 5.32 Å². The van der Waals surface area contributed by atoms with E-state index in [-0.39, 0.29) is 5.69 Å². The average Bonchev–Trinajstić information content (AvgIpc) is 3.40. The number of carboxylic acid groups (broad SMARTS) is 1. The van der Waals surface area contributed by atoms with Gasteiger partial charge in [-0.15, -0.1) is 11.3 Å². The molecule has 2 N–H and O–H groups in total. The van der Waals surface area contributed by atoms with Gasteiger partial charge in [0, 0.05) is 5.38 Å². The Kier molecular flexibility index (Phi) is 8.64. The van der Waals surface area contributed by atoms with E-state index in [0.717, 1.165) is 16.7 Å². The van der Waals surface area contributed by atoms with E-state index in [1.807, 2.05) is 91.0 Å². The number of oxime groups is 1. The first-order valence-electron chi connectivity index (χ1n) is 12.7. The maximum atomic E-state index is 12.3. The lowest BCUT2D eigenvalue weighted by molar-refractivity contribution is -0.167. The van der Waals surface area contributed by atoms with E-state index in [0.29, 0.717) is 5.13 Å². The van der Waals surface area contributed by atoms with Crippen molar-refractivity contribution in [1.29, 1.82) is 0 Å². The van der Waals surface area contributed by atoms with E-state index < -0.39 is 34.9 Å². The summed E-state index contributed by atoms with van der Waals surface area (Å²) in [7, 11) is 0. The number of benzene rings is 3. The van der Waals surface area contributed by atoms with Crippen molar-refractivity contribution < 1.29 is 24.3 Å². The number of aliphatic carboxylic acids is 1. The highest BCUT2D eigenvalue weighted by Gasteiger charge is 2.37. The molecular formula is C31H31N3O5S. The Balaban J connectivity index is 1.72. The maximum absolute atomic E-state index is 12.3. The van der Waals surface area contributed by atoms with Gasteiger partial charge < -0.3 is 20.0 Å². The van der Waals surface area contributed by atoms with Gasteiger partial charge in [-0.25, -0.2) is 14.6 Å². The summed E-state index contributed by atoms with van der Waals surface area (Å²) >= 11 is 1.24. The second-order valence-corrected chi connectivity index (χ2v) is 10.9. The fraction of sp³-hybridized carbons (Fsp3) is 0.226. The zero-order valence-electron chi connectivity index (χ0n) is 22.7. The summed E-state index contributed by atoms with van der Waals surface area (Å²) in [5, 5.41) is 19.3. The summed E-state index contributed by atoms with van der Waals surface area (Å²) in [6.45, 7) is 6.63. The number of anilines is 1. The Bertz CT molecular complexity index is 1370. The Morgan fingerprint density at radius 1 is 0.875 bits per heavy atom. The van der Waals surface area contributed by atoms with Crippen LogP contribution in [0.3, 0.4) is 0 Å². The van der Waals surface area contributed by atoms with E-state index in [9.17, 15) is 14.7 Å². The van der Waals surface area contributed by atoms with Gasteiger partial charge in [0.15, 0.2) is 5.13 Å². The molecule has 4 aromatic rings. The van der Waals surface area contributed by atoms with Gasteiger partial charge in [-0.3, -0.25) is 0 Å². The molecule has 0 amide bonds. The first-order valence-corrected chi connectivity index (χ1v) is 13.6. The molecule has 3 aromatic carbocycles. The first kappa shape index (κ1) is 28.5. The first-order chi connectivity index (χ1) is 19.1. The normalized spacial score (nSPS) is 12.8. The van der Waals surface area contributed by atoms with Gasteiger partial charge in [-0.05, 0) is 44.4 Å². The third-order valence-corrected chi connectivity index (χ3v) is 6.66. The molecule has 40 heavy (non-hydrogen) atoms. The topological polar surface area (TPSA) is 110 Å². The fourth-order valence-electron chi connectivity index (χ4n) is 4.14. The smallest absolute Gasteiger partial charge is 0.360 e. The standard InChI is InChI=1S/C31H31N3O5S/c1-21(28(37)38-30(2,3)4)39-34-26(27(35)36)25-20-40-29(32-25)33-31(22-14-8-5-9-15-22,23-16-10-6-11-17-23)24-18-12-7-13-19-24/h5-21H,1-4H3,(H,32,33)(H,35,36). The van der Waals surface area contributed by atoms with Crippen LogP contribution in [-0.2, 0) is 24.7 Å². The number of carbonyl (C=O) groups excluding carboxylic acids is 1. The lowest BCUT2D eigenvalue weighted by atomic mass is 9.77. The van der Waals surface area contributed by atoms with Gasteiger partial charge in [-0.2, -0.15) is 0 Å². The number of esters is 1. The van der Waals surface area contributed by atoms with Crippen LogP contribution >= 0.6 is 11.3 Å². The van der Waals surface area contributed by atoms with Gasteiger partial charge in [0.2, 0.25) is 11.8 Å². The van der Waals surface area contributed by atoms with Crippen LogP contribution in [0.4, 0.5) is 5.13 Å². The zero-order chi connectivity index (χ0) is 28.8. The molecular weight excluding hydrogens is 526 g/mol. The predicted octanol–water partition coefficient (Wildman–Crippen LogP) is 6.08. The third kappa shape index (κ3) is 6.55. The van der Waals surface area contributed by atoms with Crippen LogP contribution in [0.25, 0.3) is 0 Å². The van der Waals surface area contributed by atoms with Crippen LogP contribution in [-0.4, -0.2) is 39.4 Å². The summed E-state index contributed by atoms with van der Waals surface area (Å²) in [4.78, 5) is 34.1. The summed E-state index contributed by atoms with van der Waals surface area (Å²) in [6.07, 6.45) is -1.10. The molecule has 206 valence electrons. The van der Waals surface area contributed by atoms with E-state index in [1.54, 1.807) is 26.2 Å². The highest BCUT2D eigenvalue weighted by atomic mass is 32.1. The number of nitrogens with one attached hydrogen (secondary N) is 1. The van der Waals surface area contributed by atoms with Crippen LogP contribution in [0.15, 0.2) is 102 Å². The summed E-state index contributed by atoms with van der Waals surface area (Å²) in [5.74, 6) is -1.99. The van der Waals surface area contributed by atoms with E-state index >= 15 is 0 Å². The lowest BCUT2D eigenvalue weighted by Gasteiger charge is -2.36.